The summed E-state index contributed by atoms with van der Waals surface area (Å²) >= 11 is 0. The molecule has 12 nitrogen and oxygen atoms in total. The number of nitrogens with zero attached hydrogens (tertiary/aromatic N) is 5. The Balaban J connectivity index is 0.00000320. The van der Waals surface area contributed by atoms with Crippen molar-refractivity contribution in [1.29, 1.82) is 0 Å². The van der Waals surface area contributed by atoms with Gasteiger partial charge in [0.15, 0.2) is 16.9 Å². The molecule has 0 spiro atoms. The minimum atomic E-state index is -0.675. The van der Waals surface area contributed by atoms with Crippen LogP contribution in [-0.4, -0.2) is 74.3 Å². The number of halogens is 1. The van der Waals surface area contributed by atoms with Gasteiger partial charge in [-0.3, -0.25) is 28.1 Å². The smallest absolute Gasteiger partial charge is 0.332 e. The van der Waals surface area contributed by atoms with Crippen molar-refractivity contribution < 1.29 is 14.7 Å². The van der Waals surface area contributed by atoms with Crippen LogP contribution in [-0.2, 0) is 24.9 Å². The number of aryl methyl sites for hydroxylation is 1. The van der Waals surface area contributed by atoms with Gasteiger partial charge in [0, 0.05) is 44.8 Å². The molecule has 2 aromatic heterocycles. The first-order valence-corrected chi connectivity index (χ1v) is 12.0. The van der Waals surface area contributed by atoms with Crippen LogP contribution < -0.4 is 26.8 Å². The van der Waals surface area contributed by atoms with E-state index in [4.69, 9.17) is 5.11 Å². The van der Waals surface area contributed by atoms with E-state index in [0.717, 1.165) is 24.1 Å². The summed E-state index contributed by atoms with van der Waals surface area (Å²) in [6.45, 7) is 1.59. The van der Waals surface area contributed by atoms with Crippen LogP contribution >= 0.6 is 12.4 Å². The monoisotopic (exact) mass is 531 g/mol. The van der Waals surface area contributed by atoms with Gasteiger partial charge < -0.3 is 20.6 Å². The van der Waals surface area contributed by atoms with Crippen molar-refractivity contribution in [3.63, 3.8) is 0 Å². The Hall–Kier alpha value is -3.48. The van der Waals surface area contributed by atoms with Crippen LogP contribution in [0.15, 0.2) is 39.9 Å². The lowest BCUT2D eigenvalue weighted by atomic mass is 10.1. The average molecular weight is 532 g/mol. The van der Waals surface area contributed by atoms with Gasteiger partial charge >= 0.3 is 5.69 Å². The number of aliphatic hydroxyl groups excluding tert-OH is 1. The number of ketones is 1. The minimum absolute atomic E-state index is 0. The average Bonchev–Trinajstić information content (AvgIpc) is 3.59. The molecule has 198 valence electrons. The molecule has 13 heteroatoms. The van der Waals surface area contributed by atoms with Crippen LogP contribution in [0.4, 0.5) is 5.95 Å². The van der Waals surface area contributed by atoms with Crippen molar-refractivity contribution in [3.8, 4) is 0 Å². The number of benzene rings is 1. The highest BCUT2D eigenvalue weighted by Crippen LogP contribution is 2.32. The first-order chi connectivity index (χ1) is 17.4. The molecule has 0 bridgehead atoms. The van der Waals surface area contributed by atoms with Crippen molar-refractivity contribution in [2.45, 2.75) is 25.6 Å². The number of anilines is 1. The number of rotatable bonds is 8. The maximum atomic E-state index is 13.7. The quantitative estimate of drug-likeness (QED) is 0.318. The van der Waals surface area contributed by atoms with Crippen molar-refractivity contribution in [2.75, 3.05) is 37.7 Å². The predicted molar refractivity (Wildman–Crippen MR) is 139 cm³/mol. The van der Waals surface area contributed by atoms with E-state index in [0.29, 0.717) is 24.0 Å². The molecule has 3 N–H and O–H groups in total. The maximum absolute atomic E-state index is 13.7. The highest BCUT2D eigenvalue weighted by Gasteiger charge is 2.40. The maximum Gasteiger partial charge on any atom is 0.332 e. The van der Waals surface area contributed by atoms with E-state index < -0.39 is 23.7 Å². The normalized spacial score (nSPS) is 18.6. The number of aliphatic hydroxyl groups is 1. The minimum Gasteiger partial charge on any atom is -0.395 e. The van der Waals surface area contributed by atoms with E-state index in [1.54, 1.807) is 30.3 Å². The molecule has 2 fully saturated rings. The first kappa shape index (κ1) is 26.6. The van der Waals surface area contributed by atoms with Gasteiger partial charge in [-0.15, -0.1) is 12.4 Å². The van der Waals surface area contributed by atoms with Gasteiger partial charge in [0.1, 0.15) is 6.54 Å². The van der Waals surface area contributed by atoms with Gasteiger partial charge in [0.25, 0.3) is 5.56 Å². The summed E-state index contributed by atoms with van der Waals surface area (Å²) in [4.78, 5) is 59.1. The van der Waals surface area contributed by atoms with Crippen molar-refractivity contribution in [3.05, 3.63) is 56.7 Å². The Morgan fingerprint density at radius 1 is 1.14 bits per heavy atom. The van der Waals surface area contributed by atoms with E-state index >= 15 is 0 Å². The number of nitrogens with one attached hydrogen (secondary N) is 2. The number of imidazole rings is 1. The Morgan fingerprint density at radius 2 is 1.89 bits per heavy atom. The number of hydrogen-bond donors (Lipinski definition) is 3. The summed E-state index contributed by atoms with van der Waals surface area (Å²) in [6, 6.07) is 8.63. The second-order valence-electron chi connectivity index (χ2n) is 9.23. The standard InChI is InChI=1S/C24H29N7O5.ClH/c1-28-21-20(22(35)31(24(28)36)13-18(33)15-5-3-2-4-6-15)30(14-19(34)26-8-10-32)23(27-21)29-9-7-16-11-25-12-17(16)29;/h2-6,16-17,25,32H,7-14H2,1H3,(H,26,34);1H. The number of carbonyl (C=O) groups is 2. The number of fused-ring (bicyclic) bond motifs is 2. The summed E-state index contributed by atoms with van der Waals surface area (Å²) in [6.07, 6.45) is 0.951. The molecule has 1 aromatic carbocycles. The van der Waals surface area contributed by atoms with Gasteiger partial charge in [-0.25, -0.2) is 4.79 Å². The molecular formula is C24H30ClN7O5. The third kappa shape index (κ3) is 4.79. The Bertz CT molecular complexity index is 1430. The zero-order valence-corrected chi connectivity index (χ0v) is 21.2. The Kier molecular flexibility index (Phi) is 7.81. The second-order valence-corrected chi connectivity index (χ2v) is 9.23. The molecule has 1 amide bonds. The Labute approximate surface area is 218 Å². The number of Topliss-reactive ketones (excluding diaryl/α,β-unsaturated/α-hetero) is 1. The van der Waals surface area contributed by atoms with Crippen LogP contribution in [0.2, 0.25) is 0 Å². The van der Waals surface area contributed by atoms with Gasteiger partial charge in [-0.1, -0.05) is 30.3 Å². The fourth-order valence-electron chi connectivity index (χ4n) is 5.22. The second kappa shape index (κ2) is 10.9. The molecule has 0 saturated carbocycles. The van der Waals surface area contributed by atoms with Crippen LogP contribution in [0.3, 0.4) is 0 Å². The van der Waals surface area contributed by atoms with Gasteiger partial charge in [-0.2, -0.15) is 4.98 Å². The first-order valence-electron chi connectivity index (χ1n) is 12.0. The topological polar surface area (TPSA) is 143 Å². The number of amides is 1. The Morgan fingerprint density at radius 3 is 2.62 bits per heavy atom. The number of carbonyl (C=O) groups excluding carboxylic acids is 2. The molecule has 2 saturated heterocycles. The predicted octanol–water partition coefficient (Wildman–Crippen LogP) is -0.892. The third-order valence-corrected chi connectivity index (χ3v) is 7.05. The molecule has 0 aliphatic carbocycles. The highest BCUT2D eigenvalue weighted by atomic mass is 35.5. The molecule has 5 rings (SSSR count). The van der Waals surface area contributed by atoms with Crippen molar-refractivity contribution >= 4 is 41.2 Å². The molecular weight excluding hydrogens is 502 g/mol. The van der Waals surface area contributed by atoms with Gasteiger partial charge in [0.05, 0.1) is 13.2 Å². The highest BCUT2D eigenvalue weighted by molar-refractivity contribution is 5.96. The van der Waals surface area contributed by atoms with Crippen LogP contribution in [0.5, 0.6) is 0 Å². The number of aromatic nitrogens is 4. The molecule has 4 heterocycles. The van der Waals surface area contributed by atoms with E-state index in [1.165, 1.54) is 16.2 Å². The lowest BCUT2D eigenvalue weighted by Crippen LogP contribution is -2.42. The summed E-state index contributed by atoms with van der Waals surface area (Å²) < 4.78 is 3.68. The summed E-state index contributed by atoms with van der Waals surface area (Å²) in [5.41, 5.74) is -0.693. The van der Waals surface area contributed by atoms with Crippen molar-refractivity contribution in [1.82, 2.24) is 29.3 Å². The SMILES string of the molecule is Cl.Cn1c(=O)n(CC(=O)c2ccccc2)c(=O)c2c1nc(N1CCC3CNCC31)n2CC(=O)NCCO. The molecule has 0 radical (unpaired) electrons. The summed E-state index contributed by atoms with van der Waals surface area (Å²) in [5, 5.41) is 15.1. The fourth-order valence-corrected chi connectivity index (χ4v) is 5.22. The van der Waals surface area contributed by atoms with Crippen LogP contribution in [0.1, 0.15) is 16.8 Å². The van der Waals surface area contributed by atoms with Crippen LogP contribution in [0.25, 0.3) is 11.2 Å². The van der Waals surface area contributed by atoms with Gasteiger partial charge in [-0.05, 0) is 12.3 Å². The molecule has 2 aliphatic heterocycles. The van der Waals surface area contributed by atoms with Crippen molar-refractivity contribution in [2.24, 2.45) is 13.0 Å². The fraction of sp³-hybridized carbons (Fsp3) is 0.458. The molecule has 37 heavy (non-hydrogen) atoms. The summed E-state index contributed by atoms with van der Waals surface area (Å²) in [5.74, 6) is 0.107. The number of hydrogen-bond acceptors (Lipinski definition) is 8. The zero-order chi connectivity index (χ0) is 25.4. The lowest BCUT2D eigenvalue weighted by molar-refractivity contribution is -0.121. The van der Waals surface area contributed by atoms with E-state index in [2.05, 4.69) is 20.5 Å². The molecule has 2 aliphatic rings. The zero-order valence-electron chi connectivity index (χ0n) is 20.4. The lowest BCUT2D eigenvalue weighted by Gasteiger charge is -2.25. The summed E-state index contributed by atoms with van der Waals surface area (Å²) in [7, 11) is 1.50. The largest absolute Gasteiger partial charge is 0.395 e. The van der Waals surface area contributed by atoms with Crippen LogP contribution in [0, 0.1) is 5.92 Å². The molecule has 2 unspecified atom stereocenters. The van der Waals surface area contributed by atoms with E-state index in [9.17, 15) is 19.2 Å². The third-order valence-electron chi connectivity index (χ3n) is 7.05. The van der Waals surface area contributed by atoms with E-state index in [-0.39, 0.29) is 55.1 Å². The molecule has 2 atom stereocenters. The van der Waals surface area contributed by atoms with Gasteiger partial charge in [0.2, 0.25) is 11.9 Å². The van der Waals surface area contributed by atoms with E-state index in [1.807, 2.05) is 0 Å². The molecule has 3 aromatic rings.